The summed E-state index contributed by atoms with van der Waals surface area (Å²) in [5.74, 6) is 0.678. The lowest BCUT2D eigenvalue weighted by molar-refractivity contribution is 0.186. The Balaban J connectivity index is 1.71. The zero-order valence-electron chi connectivity index (χ0n) is 14.3. The van der Waals surface area contributed by atoms with E-state index in [1.807, 2.05) is 6.07 Å². The summed E-state index contributed by atoms with van der Waals surface area (Å²) in [4.78, 5) is 12.3. The lowest BCUT2D eigenvalue weighted by atomic mass is 9.84. The van der Waals surface area contributed by atoms with Crippen molar-refractivity contribution >= 4 is 26.0 Å². The highest BCUT2D eigenvalue weighted by Gasteiger charge is 2.40. The lowest BCUT2D eigenvalue weighted by Crippen LogP contribution is -2.49. The highest BCUT2D eigenvalue weighted by molar-refractivity contribution is 9.10. The Bertz CT molecular complexity index is 1020. The van der Waals surface area contributed by atoms with Gasteiger partial charge in [-0.3, -0.25) is 4.79 Å². The predicted octanol–water partition coefficient (Wildman–Crippen LogP) is 2.43. The van der Waals surface area contributed by atoms with E-state index in [0.29, 0.717) is 29.9 Å². The number of halogens is 1. The third-order valence-electron chi connectivity index (χ3n) is 5.20. The van der Waals surface area contributed by atoms with Crippen molar-refractivity contribution in [3.05, 3.63) is 56.9 Å². The summed E-state index contributed by atoms with van der Waals surface area (Å²) in [5.41, 5.74) is 0.919. The van der Waals surface area contributed by atoms with Gasteiger partial charge in [0, 0.05) is 47.9 Å². The highest BCUT2D eigenvalue weighted by atomic mass is 79.9. The number of hydrogen-bond donors (Lipinski definition) is 0. The average Bonchev–Trinajstić information content (AvgIpc) is 2.63. The van der Waals surface area contributed by atoms with Gasteiger partial charge in [-0.05, 0) is 46.5 Å². The van der Waals surface area contributed by atoms with Crippen LogP contribution in [0.1, 0.15) is 18.0 Å². The monoisotopic (exact) mass is 438 g/mol. The molecule has 2 atom stereocenters. The Morgan fingerprint density at radius 1 is 1.15 bits per heavy atom. The smallest absolute Gasteiger partial charge is 0.250 e. The SMILES string of the molecule is COc1ccc(Br)c(S(=O)(=O)N2CC3CC(C2)c2cccc(=O)n2C3)c1. The van der Waals surface area contributed by atoms with E-state index in [4.69, 9.17) is 4.74 Å². The first-order chi connectivity index (χ1) is 12.4. The number of ether oxygens (including phenoxy) is 1. The maximum Gasteiger partial charge on any atom is 0.250 e. The summed E-state index contributed by atoms with van der Waals surface area (Å²) in [5, 5.41) is 0. The van der Waals surface area contributed by atoms with Gasteiger partial charge >= 0.3 is 0 Å². The second-order valence-electron chi connectivity index (χ2n) is 6.82. The van der Waals surface area contributed by atoms with Crippen LogP contribution in [0, 0.1) is 5.92 Å². The van der Waals surface area contributed by atoms with Crippen LogP contribution in [0.5, 0.6) is 5.75 Å². The molecule has 8 heteroatoms. The van der Waals surface area contributed by atoms with Gasteiger partial charge in [-0.1, -0.05) is 6.07 Å². The van der Waals surface area contributed by atoms with E-state index < -0.39 is 10.0 Å². The van der Waals surface area contributed by atoms with E-state index in [2.05, 4.69) is 15.9 Å². The predicted molar refractivity (Wildman–Crippen MR) is 101 cm³/mol. The van der Waals surface area contributed by atoms with Gasteiger partial charge in [-0.15, -0.1) is 0 Å². The fraction of sp³-hybridized carbons (Fsp3) is 0.389. The molecule has 1 aromatic heterocycles. The van der Waals surface area contributed by atoms with Crippen molar-refractivity contribution in [2.75, 3.05) is 20.2 Å². The number of nitrogens with zero attached hydrogens (tertiary/aromatic N) is 2. The number of piperidine rings is 1. The van der Waals surface area contributed by atoms with Gasteiger partial charge in [0.2, 0.25) is 10.0 Å². The van der Waals surface area contributed by atoms with E-state index >= 15 is 0 Å². The van der Waals surface area contributed by atoms with Crippen molar-refractivity contribution in [3.63, 3.8) is 0 Å². The van der Waals surface area contributed by atoms with Crippen molar-refractivity contribution in [3.8, 4) is 5.75 Å². The minimum Gasteiger partial charge on any atom is -0.497 e. The number of methoxy groups -OCH3 is 1. The minimum absolute atomic E-state index is 0.0101. The zero-order valence-corrected chi connectivity index (χ0v) is 16.7. The normalized spacial score (nSPS) is 22.7. The van der Waals surface area contributed by atoms with Crippen LogP contribution in [0.3, 0.4) is 0 Å². The highest BCUT2D eigenvalue weighted by Crippen LogP contribution is 2.38. The van der Waals surface area contributed by atoms with Gasteiger partial charge in [0.1, 0.15) is 10.6 Å². The Hall–Kier alpha value is -1.64. The number of pyridine rings is 1. The first kappa shape index (κ1) is 17.8. The summed E-state index contributed by atoms with van der Waals surface area (Å²) >= 11 is 3.35. The molecule has 0 amide bonds. The number of benzene rings is 1. The fourth-order valence-electron chi connectivity index (χ4n) is 4.00. The van der Waals surface area contributed by atoms with Crippen molar-refractivity contribution < 1.29 is 13.2 Å². The van der Waals surface area contributed by atoms with Crippen LogP contribution < -0.4 is 10.3 Å². The van der Waals surface area contributed by atoms with Crippen LogP contribution in [0.2, 0.25) is 0 Å². The molecular weight excluding hydrogens is 420 g/mol. The van der Waals surface area contributed by atoms with Crippen LogP contribution in [0.4, 0.5) is 0 Å². The molecule has 0 aliphatic carbocycles. The third-order valence-corrected chi connectivity index (χ3v) is 8.03. The first-order valence-electron chi connectivity index (χ1n) is 8.43. The molecular formula is C18H19BrN2O4S. The minimum atomic E-state index is -3.66. The van der Waals surface area contributed by atoms with Crippen molar-refractivity contribution in [2.45, 2.75) is 23.8 Å². The second kappa shape index (κ2) is 6.51. The van der Waals surface area contributed by atoms with E-state index in [-0.39, 0.29) is 22.3 Å². The topological polar surface area (TPSA) is 68.6 Å². The van der Waals surface area contributed by atoms with Crippen LogP contribution >= 0.6 is 15.9 Å². The van der Waals surface area contributed by atoms with Crippen LogP contribution in [-0.4, -0.2) is 37.5 Å². The number of rotatable bonds is 3. The maximum absolute atomic E-state index is 13.3. The summed E-state index contributed by atoms with van der Waals surface area (Å²) in [6.07, 6.45) is 0.911. The Morgan fingerprint density at radius 2 is 1.96 bits per heavy atom. The third kappa shape index (κ3) is 2.90. The summed E-state index contributed by atoms with van der Waals surface area (Å²) in [6.45, 7) is 1.37. The molecule has 0 radical (unpaired) electrons. The van der Waals surface area contributed by atoms with Crippen molar-refractivity contribution in [2.24, 2.45) is 5.92 Å². The fourth-order valence-corrected chi connectivity index (χ4v) is 6.50. The molecule has 0 N–H and O–H groups in total. The first-order valence-corrected chi connectivity index (χ1v) is 10.7. The molecule has 4 rings (SSSR count). The van der Waals surface area contributed by atoms with Gasteiger partial charge < -0.3 is 9.30 Å². The molecule has 2 aliphatic heterocycles. The molecule has 26 heavy (non-hydrogen) atoms. The van der Waals surface area contributed by atoms with Gasteiger partial charge in [0.25, 0.3) is 5.56 Å². The van der Waals surface area contributed by atoms with Crippen LogP contribution in [0.15, 0.2) is 50.6 Å². The molecule has 3 heterocycles. The zero-order chi connectivity index (χ0) is 18.5. The molecule has 1 fully saturated rings. The van der Waals surface area contributed by atoms with E-state index in [1.54, 1.807) is 39.2 Å². The number of sulfonamides is 1. The largest absolute Gasteiger partial charge is 0.497 e. The molecule has 1 saturated heterocycles. The van der Waals surface area contributed by atoms with Crippen LogP contribution in [-0.2, 0) is 16.6 Å². The van der Waals surface area contributed by atoms with E-state index in [9.17, 15) is 13.2 Å². The number of aromatic nitrogens is 1. The second-order valence-corrected chi connectivity index (χ2v) is 9.58. The van der Waals surface area contributed by atoms with Gasteiger partial charge in [-0.2, -0.15) is 4.31 Å². The average molecular weight is 439 g/mol. The molecule has 0 saturated carbocycles. The quantitative estimate of drug-likeness (QED) is 0.737. The lowest BCUT2D eigenvalue weighted by Gasteiger charge is -2.42. The van der Waals surface area contributed by atoms with Crippen LogP contribution in [0.25, 0.3) is 0 Å². The van der Waals surface area contributed by atoms with Gasteiger partial charge in [0.05, 0.1) is 7.11 Å². The molecule has 2 unspecified atom stereocenters. The molecule has 2 aliphatic rings. The molecule has 0 spiro atoms. The Labute approximate surface area is 160 Å². The summed E-state index contributed by atoms with van der Waals surface area (Å²) in [6, 6.07) is 10.2. The van der Waals surface area contributed by atoms with Gasteiger partial charge in [-0.25, -0.2) is 8.42 Å². The van der Waals surface area contributed by atoms with E-state index in [0.717, 1.165) is 12.1 Å². The number of hydrogen-bond acceptors (Lipinski definition) is 4. The molecule has 1 aromatic carbocycles. The summed E-state index contributed by atoms with van der Waals surface area (Å²) in [7, 11) is -2.15. The maximum atomic E-state index is 13.3. The number of fused-ring (bicyclic) bond motifs is 4. The Morgan fingerprint density at radius 3 is 2.73 bits per heavy atom. The molecule has 6 nitrogen and oxygen atoms in total. The van der Waals surface area contributed by atoms with Crippen molar-refractivity contribution in [1.29, 1.82) is 0 Å². The van der Waals surface area contributed by atoms with Crippen molar-refractivity contribution in [1.82, 2.24) is 8.87 Å². The standard InChI is InChI=1S/C18H19BrN2O4S/c1-25-14-5-6-15(19)17(8-14)26(23,24)20-9-12-7-13(11-20)16-3-2-4-18(22)21(16)10-12/h2-6,8,12-13H,7,9-11H2,1H3. The van der Waals surface area contributed by atoms with Gasteiger partial charge in [0.15, 0.2) is 0 Å². The van der Waals surface area contributed by atoms with E-state index in [1.165, 1.54) is 7.11 Å². The molecule has 2 bridgehead atoms. The molecule has 2 aromatic rings. The summed E-state index contributed by atoms with van der Waals surface area (Å²) < 4.78 is 35.6. The Kier molecular flexibility index (Phi) is 4.45. The molecule has 138 valence electrons.